The Morgan fingerprint density at radius 1 is 1.27 bits per heavy atom. The quantitative estimate of drug-likeness (QED) is 0.607. The minimum atomic E-state index is -0.348. The molecular weight excluding hydrogens is 364 g/mol. The summed E-state index contributed by atoms with van der Waals surface area (Å²) in [6.07, 6.45) is 1.71. The second-order valence-corrected chi connectivity index (χ2v) is 7.63. The van der Waals surface area contributed by atoms with Gasteiger partial charge in [-0.05, 0) is 29.5 Å². The van der Waals surface area contributed by atoms with E-state index in [0.29, 0.717) is 10.8 Å². The lowest BCUT2D eigenvalue weighted by Crippen LogP contribution is -2.25. The minimum Gasteiger partial charge on any atom is -0.275 e. The third-order valence-electron chi connectivity index (χ3n) is 4.69. The lowest BCUT2D eigenvalue weighted by molar-refractivity contribution is 0.701. The average Bonchev–Trinajstić information content (AvgIpc) is 3.30. The van der Waals surface area contributed by atoms with Gasteiger partial charge in [0.15, 0.2) is 5.82 Å². The average molecular weight is 381 g/mol. The third-order valence-corrected chi connectivity index (χ3v) is 5.92. The van der Waals surface area contributed by atoms with Crippen molar-refractivity contribution < 1.29 is 0 Å². The summed E-state index contributed by atoms with van der Waals surface area (Å²) in [6.45, 7) is 2.10. The molecule has 6 heteroatoms. The zero-order valence-electron chi connectivity index (χ0n) is 14.2. The number of aromatic nitrogens is 2. The van der Waals surface area contributed by atoms with Crippen LogP contribution in [0.5, 0.6) is 0 Å². The molecule has 3 heterocycles. The summed E-state index contributed by atoms with van der Waals surface area (Å²) in [6, 6.07) is 14.3. The van der Waals surface area contributed by atoms with Gasteiger partial charge in [0.05, 0.1) is 22.6 Å². The summed E-state index contributed by atoms with van der Waals surface area (Å²) in [5, 5.41) is 20.3. The summed E-state index contributed by atoms with van der Waals surface area (Å²) < 4.78 is 0. The number of aromatic amines is 1. The smallest absolute Gasteiger partial charge is 0.178 e. The van der Waals surface area contributed by atoms with Crippen molar-refractivity contribution in [1.82, 2.24) is 10.2 Å². The number of hydrogen-bond donors (Lipinski definition) is 1. The second-order valence-electron chi connectivity index (χ2n) is 6.27. The van der Waals surface area contributed by atoms with Gasteiger partial charge in [0.2, 0.25) is 0 Å². The van der Waals surface area contributed by atoms with Crippen LogP contribution in [0.3, 0.4) is 0 Å². The van der Waals surface area contributed by atoms with Crippen LogP contribution in [0.25, 0.3) is 10.6 Å². The molecule has 1 N–H and O–H groups in total. The molecular formula is C20H17ClN4S. The zero-order chi connectivity index (χ0) is 18.1. The first-order chi connectivity index (χ1) is 12.7. The van der Waals surface area contributed by atoms with E-state index in [2.05, 4.69) is 29.3 Å². The molecule has 26 heavy (non-hydrogen) atoms. The number of rotatable bonds is 4. The van der Waals surface area contributed by atoms with Crippen molar-refractivity contribution in [3.05, 3.63) is 57.9 Å². The number of hydrogen-bond acceptors (Lipinski definition) is 4. The molecule has 1 aliphatic heterocycles. The monoisotopic (exact) mass is 380 g/mol. The van der Waals surface area contributed by atoms with Crippen LogP contribution in [0.15, 0.2) is 46.8 Å². The van der Waals surface area contributed by atoms with E-state index in [-0.39, 0.29) is 11.8 Å². The molecule has 0 spiro atoms. The first-order valence-electron chi connectivity index (χ1n) is 8.58. The molecule has 0 aliphatic carbocycles. The highest BCUT2D eigenvalue weighted by molar-refractivity contribution is 7.13. The van der Waals surface area contributed by atoms with E-state index in [1.165, 1.54) is 0 Å². The maximum Gasteiger partial charge on any atom is 0.178 e. The Balaban J connectivity index is 1.97. The SMILES string of the molecule is CCCC1=Nc2n[nH]c(-c3cccs3)c2C(c2ccccc2Cl)C1C#N. The van der Waals surface area contributed by atoms with Gasteiger partial charge in [0.1, 0.15) is 0 Å². The number of halogens is 1. The van der Waals surface area contributed by atoms with Crippen LogP contribution in [0.2, 0.25) is 5.02 Å². The number of H-pyrrole nitrogens is 1. The maximum absolute atomic E-state index is 9.99. The van der Waals surface area contributed by atoms with Crippen LogP contribution in [0.1, 0.15) is 36.8 Å². The first-order valence-corrected chi connectivity index (χ1v) is 9.84. The predicted molar refractivity (Wildman–Crippen MR) is 106 cm³/mol. The molecule has 130 valence electrons. The Kier molecular flexibility index (Phi) is 4.62. The number of benzene rings is 1. The van der Waals surface area contributed by atoms with Gasteiger partial charge in [-0.3, -0.25) is 5.10 Å². The molecule has 0 radical (unpaired) electrons. The Hall–Kier alpha value is -2.42. The normalized spacial score (nSPS) is 18.9. The van der Waals surface area contributed by atoms with Crippen molar-refractivity contribution in [2.45, 2.75) is 25.7 Å². The van der Waals surface area contributed by atoms with Crippen molar-refractivity contribution in [3.8, 4) is 16.6 Å². The number of aliphatic imine (C=N–C) groups is 1. The van der Waals surface area contributed by atoms with Gasteiger partial charge >= 0.3 is 0 Å². The Morgan fingerprint density at radius 3 is 2.81 bits per heavy atom. The fourth-order valence-corrected chi connectivity index (χ4v) is 4.56. The van der Waals surface area contributed by atoms with Crippen molar-refractivity contribution in [3.63, 3.8) is 0 Å². The molecule has 0 bridgehead atoms. The zero-order valence-corrected chi connectivity index (χ0v) is 15.8. The summed E-state index contributed by atoms with van der Waals surface area (Å²) >= 11 is 8.18. The van der Waals surface area contributed by atoms with Crippen LogP contribution < -0.4 is 0 Å². The Labute approximate surface area is 161 Å². The van der Waals surface area contributed by atoms with Gasteiger partial charge in [-0.25, -0.2) is 4.99 Å². The molecule has 2 aromatic heterocycles. The Morgan fingerprint density at radius 2 is 2.12 bits per heavy atom. The molecule has 4 rings (SSSR count). The summed E-state index contributed by atoms with van der Waals surface area (Å²) in [5.41, 5.74) is 3.73. The lowest BCUT2D eigenvalue weighted by atomic mass is 9.76. The number of nitriles is 1. The number of nitrogens with one attached hydrogen (secondary N) is 1. The molecule has 3 aromatic rings. The predicted octanol–water partition coefficient (Wildman–Crippen LogP) is 5.95. The van der Waals surface area contributed by atoms with E-state index in [4.69, 9.17) is 16.6 Å². The van der Waals surface area contributed by atoms with Crippen LogP contribution in [-0.2, 0) is 0 Å². The highest BCUT2D eigenvalue weighted by Gasteiger charge is 2.38. The van der Waals surface area contributed by atoms with Crippen LogP contribution in [-0.4, -0.2) is 15.9 Å². The molecule has 0 fully saturated rings. The topological polar surface area (TPSA) is 64.8 Å². The fourth-order valence-electron chi connectivity index (χ4n) is 3.57. The van der Waals surface area contributed by atoms with Gasteiger partial charge in [0.25, 0.3) is 0 Å². The highest BCUT2D eigenvalue weighted by atomic mass is 35.5. The van der Waals surface area contributed by atoms with Crippen LogP contribution in [0.4, 0.5) is 5.82 Å². The van der Waals surface area contributed by atoms with Crippen LogP contribution >= 0.6 is 22.9 Å². The standard InChI is InChI=1S/C20H17ClN4S/c1-2-6-15-13(11-22)17(12-7-3-4-8-14(12)21)18-19(16-9-5-10-26-16)24-25-20(18)23-15/h3-5,7-10,13,17H,2,6H2,1H3,(H,24,25). The summed E-state index contributed by atoms with van der Waals surface area (Å²) in [4.78, 5) is 5.82. The van der Waals surface area contributed by atoms with E-state index in [1.54, 1.807) is 11.3 Å². The van der Waals surface area contributed by atoms with Crippen molar-refractivity contribution in [1.29, 1.82) is 5.26 Å². The molecule has 2 atom stereocenters. The van der Waals surface area contributed by atoms with Crippen LogP contribution in [0, 0.1) is 17.2 Å². The molecule has 2 unspecified atom stereocenters. The Bertz CT molecular complexity index is 997. The molecule has 0 saturated heterocycles. The van der Waals surface area contributed by atoms with Crippen molar-refractivity contribution in [2.75, 3.05) is 0 Å². The number of fused-ring (bicyclic) bond motifs is 1. The van der Waals surface area contributed by atoms with Gasteiger partial charge < -0.3 is 0 Å². The van der Waals surface area contributed by atoms with Gasteiger partial charge in [-0.15, -0.1) is 11.3 Å². The number of nitrogens with zero attached hydrogens (tertiary/aromatic N) is 3. The van der Waals surface area contributed by atoms with E-state index in [9.17, 15) is 5.26 Å². The third kappa shape index (κ3) is 2.76. The molecule has 1 aromatic carbocycles. The number of thiophene rings is 1. The van der Waals surface area contributed by atoms with Crippen molar-refractivity contribution in [2.24, 2.45) is 10.9 Å². The lowest BCUT2D eigenvalue weighted by Gasteiger charge is -2.28. The van der Waals surface area contributed by atoms with Gasteiger partial charge in [0, 0.05) is 22.2 Å². The maximum atomic E-state index is 9.99. The second kappa shape index (κ2) is 7.06. The van der Waals surface area contributed by atoms with E-state index < -0.39 is 0 Å². The van der Waals surface area contributed by atoms with E-state index in [1.807, 2.05) is 35.7 Å². The molecule has 0 saturated carbocycles. The molecule has 4 nitrogen and oxygen atoms in total. The summed E-state index contributed by atoms with van der Waals surface area (Å²) in [7, 11) is 0. The minimum absolute atomic E-state index is 0.182. The first kappa shape index (κ1) is 17.0. The van der Waals surface area contributed by atoms with E-state index >= 15 is 0 Å². The largest absolute Gasteiger partial charge is 0.275 e. The highest BCUT2D eigenvalue weighted by Crippen LogP contribution is 2.48. The van der Waals surface area contributed by atoms with Gasteiger partial charge in [-0.2, -0.15) is 10.4 Å². The van der Waals surface area contributed by atoms with Gasteiger partial charge in [-0.1, -0.05) is 49.2 Å². The fraction of sp³-hybridized carbons (Fsp3) is 0.250. The van der Waals surface area contributed by atoms with Crippen molar-refractivity contribution >= 4 is 34.5 Å². The summed E-state index contributed by atoms with van der Waals surface area (Å²) in [5.74, 6) is 0.144. The molecule has 0 amide bonds. The molecule has 1 aliphatic rings. The van der Waals surface area contributed by atoms with E-state index in [0.717, 1.165) is 40.3 Å².